The molecule has 4 aliphatic heterocycles. The number of rotatable bonds is 34. The minimum atomic E-state index is -1.62. The molecule has 9 N–H and O–H groups in total. The van der Waals surface area contributed by atoms with Gasteiger partial charge in [0.05, 0.1) is 57.4 Å². The van der Waals surface area contributed by atoms with Crippen LogP contribution >= 0.6 is 11.6 Å². The summed E-state index contributed by atoms with van der Waals surface area (Å²) in [5, 5.41) is 42.9. The second kappa shape index (κ2) is 61.2. The van der Waals surface area contributed by atoms with Crippen molar-refractivity contribution in [2.75, 3.05) is 55.5 Å². The van der Waals surface area contributed by atoms with Gasteiger partial charge in [-0.1, -0.05) is 187 Å². The summed E-state index contributed by atoms with van der Waals surface area (Å²) in [5.74, 6) is -11.2. The summed E-state index contributed by atoms with van der Waals surface area (Å²) >= 11 is 5.07. The van der Waals surface area contributed by atoms with Gasteiger partial charge in [-0.3, -0.25) is 67.1 Å². The van der Waals surface area contributed by atoms with Crippen molar-refractivity contribution in [2.45, 2.75) is 389 Å². The van der Waals surface area contributed by atoms with E-state index in [9.17, 15) is 86.9 Å². The monoisotopic (exact) mass is 2010 g/mol. The number of aliphatic hydroxyl groups excluding tert-OH is 2. The van der Waals surface area contributed by atoms with E-state index < -0.39 is 229 Å². The van der Waals surface area contributed by atoms with Gasteiger partial charge in [-0.2, -0.15) is 0 Å². The zero-order valence-electron chi connectivity index (χ0n) is 88.6. The maximum Gasteiger partial charge on any atom is 0.329 e. The Hall–Kier alpha value is -10.1. The number of esters is 4. The zero-order valence-corrected chi connectivity index (χ0v) is 89.3. The fourth-order valence-corrected chi connectivity index (χ4v) is 17.8. The second-order valence-corrected chi connectivity index (χ2v) is 41.1. The third kappa shape index (κ3) is 38.9. The smallest absolute Gasteiger partial charge is 0.329 e. The quantitative estimate of drug-likeness (QED) is 0.0136. The van der Waals surface area contributed by atoms with Crippen molar-refractivity contribution in [2.24, 2.45) is 47.3 Å². The van der Waals surface area contributed by atoms with E-state index >= 15 is 0 Å². The fraction of sp³-hybridized carbons (Fsp3) is 0.731. The molecule has 0 bridgehead atoms. The van der Waals surface area contributed by atoms with Crippen LogP contribution in [0.25, 0.3) is 0 Å². The number of nitrogens with one attached hydrogen (secondary N) is 7. The predicted molar refractivity (Wildman–Crippen MR) is 535 cm³/mol. The molecule has 2 aromatic carbocycles. The topological polar surface area (TPSA) is 469 Å². The molecule has 0 saturated carbocycles. The van der Waals surface area contributed by atoms with Crippen molar-refractivity contribution in [3.05, 3.63) is 59.7 Å². The fourth-order valence-electron chi connectivity index (χ4n) is 17.6. The van der Waals surface area contributed by atoms with Gasteiger partial charge in [0.1, 0.15) is 78.1 Å². The molecule has 141 heavy (non-hydrogen) atoms. The number of hydrogen-bond donors (Lipinski definition) is 9. The highest BCUT2D eigenvalue weighted by Gasteiger charge is 2.49. The summed E-state index contributed by atoms with van der Waals surface area (Å²) in [6.45, 7) is 36.6. The van der Waals surface area contributed by atoms with Gasteiger partial charge in [0.25, 0.3) is 11.8 Å². The van der Waals surface area contributed by atoms with E-state index in [2.05, 4.69) is 44.1 Å². The Morgan fingerprint density at radius 3 is 1.19 bits per heavy atom. The number of amides is 11. The average Bonchev–Trinajstić information content (AvgIpc) is 1.68. The Balaban J connectivity index is 0.000000547. The third-order valence-corrected chi connectivity index (χ3v) is 26.7. The number of methoxy groups -OCH3 is 2. The van der Waals surface area contributed by atoms with E-state index in [1.807, 2.05) is 76.2 Å². The van der Waals surface area contributed by atoms with Gasteiger partial charge >= 0.3 is 23.9 Å². The number of benzene rings is 2. The van der Waals surface area contributed by atoms with Gasteiger partial charge < -0.3 is 100 Å². The molecule has 20 atom stereocenters. The lowest BCUT2D eigenvalue weighted by atomic mass is 9.92. The molecular weight excluding hydrogens is 1840 g/mol. The summed E-state index contributed by atoms with van der Waals surface area (Å²) in [6, 6.07) is 0.0639. The van der Waals surface area contributed by atoms with E-state index in [4.69, 9.17) is 40.0 Å². The molecule has 2 aromatic rings. The lowest BCUT2D eigenvalue weighted by Gasteiger charge is -2.36. The Morgan fingerprint density at radius 2 is 0.865 bits per heavy atom. The predicted octanol–water partition coefficient (Wildman–Crippen LogP) is 9.15. The second-order valence-electron chi connectivity index (χ2n) is 40.6. The van der Waals surface area contributed by atoms with E-state index in [-0.39, 0.29) is 92.9 Å². The molecule has 6 rings (SSSR count). The van der Waals surface area contributed by atoms with Crippen LogP contribution < -0.4 is 46.7 Å². The number of nitrogens with zero attached hydrogens (tertiary/aromatic N) is 5. The zero-order chi connectivity index (χ0) is 106. The number of aliphatic hydroxyl groups is 2. The number of carbonyl (C=O) groups is 16. The molecule has 796 valence electrons. The van der Waals surface area contributed by atoms with Crippen molar-refractivity contribution >= 4 is 106 Å². The molecule has 4 fully saturated rings. The summed E-state index contributed by atoms with van der Waals surface area (Å²) in [5.41, 5.74) is 1.29. The van der Waals surface area contributed by atoms with Crippen molar-refractivity contribution in [1.29, 1.82) is 0 Å². The number of unbranched alkanes of at least 4 members (excludes halogenated alkanes) is 4. The number of fused-ring (bicyclic) bond motifs is 2. The first kappa shape index (κ1) is 123. The highest BCUT2D eigenvalue weighted by atomic mass is 35.5. The molecule has 0 aromatic heterocycles. The number of halogens is 1. The number of carbonyl (C=O) groups excluding carboxylic acids is 16. The highest BCUT2D eigenvalue weighted by molar-refractivity contribution is 6.63. The largest absolute Gasteiger partial charge is 0.497 e. The van der Waals surface area contributed by atoms with E-state index in [0.717, 1.165) is 32.1 Å². The van der Waals surface area contributed by atoms with E-state index in [0.29, 0.717) is 74.0 Å². The first-order valence-electron chi connectivity index (χ1n) is 50.9. The molecule has 0 spiro atoms. The molecule has 11 amide bonds. The van der Waals surface area contributed by atoms with Crippen LogP contribution in [0.4, 0.5) is 0 Å². The molecule has 36 nitrogen and oxygen atoms in total. The number of cyclic esters (lactones) is 4. The first-order valence-corrected chi connectivity index (χ1v) is 51.2. The minimum absolute atomic E-state index is 0.0170. The molecular formula is C104H169ClN12O24. The normalized spacial score (nSPS) is 25.4. The van der Waals surface area contributed by atoms with E-state index in [1.165, 1.54) is 66.7 Å². The summed E-state index contributed by atoms with van der Waals surface area (Å²) < 4.78 is 34.3. The van der Waals surface area contributed by atoms with Crippen molar-refractivity contribution in [1.82, 2.24) is 61.7 Å². The summed E-state index contributed by atoms with van der Waals surface area (Å²) in [7, 11) is 9.11. The van der Waals surface area contributed by atoms with E-state index in [1.54, 1.807) is 104 Å². The van der Waals surface area contributed by atoms with Crippen LogP contribution in [0.1, 0.15) is 278 Å². The maximum atomic E-state index is 14.8. The molecule has 4 aliphatic rings. The average molecular weight is 2010 g/mol. The van der Waals surface area contributed by atoms with Crippen molar-refractivity contribution < 1.29 is 115 Å². The maximum absolute atomic E-state index is 14.8. The van der Waals surface area contributed by atoms with Gasteiger partial charge in [0, 0.05) is 59.9 Å². The Labute approximate surface area is 841 Å². The molecule has 37 heteroatoms. The third-order valence-electron chi connectivity index (χ3n) is 26.5. The van der Waals surface area contributed by atoms with Crippen LogP contribution in [0, 0.1) is 47.3 Å². The lowest BCUT2D eigenvalue weighted by molar-refractivity contribution is -0.163. The Kier molecular flexibility index (Phi) is 53.4. The minimum Gasteiger partial charge on any atom is -0.497 e. The standard InChI is InChI=1S/C52H84N6O12.C46H74N6O11.C6H11ClO/c1-14-16-17-20-42(60)56(11)39(27-31(5)6)47(62)55-45-34(10)69-52(67)40(28-35-21-23-36(68-13)24-22-35)57(12)51(66)38-19-18-25-58(38)50(65)37(26-30(3)4)53-49(64)46(32(7)8)70-43(61)29-41(59)44(33(9)15-2)54-48(45)63;1-13-28(8)38-36(53)24-37(54)63-40(27(6)7)43(57)48-33(22-26(4)5)44(58)52-20-14-15-34(52)45(59)51(11)35(23-30-16-18-31(61-12)19-17-30)46(60)62-29(9)39(42(56)49-38)50-41(55)32(47-10)21-25(2)3;1-2-3-4-5-6(7)8/h21-24,30-34,37-41,44-46,59H,14-20,25-29H2,1-13H3,(H,53,64)(H,54,63)(H,55,62);16-19,25-29,32-36,38-40,47,53H,13-15,20-24H2,1-12H3,(H,48,57)(H,49,56)(H,50,55);2-5H2,1H3/t33-,34+,37-,38-,39+,40-,41-,44+,45-,46-;28-,29+,32+,33-,34-,35-,36-,38+,39-,40-;/m00./s1. The lowest BCUT2D eigenvalue weighted by Crippen LogP contribution is -2.61. The van der Waals surface area contributed by atoms with Gasteiger partial charge in [0.15, 0.2) is 12.2 Å². The SMILES string of the molecule is CCCCCC(=O)Cl.CCCCCC(=O)N(C)[C@H](CC(C)C)C(=O)N[C@@H]1C(=O)N[C@H]([C@@H](C)CC)[C@@H](O)CC(=O)O[C@@H](C(C)C)C(=O)N[C@@H](CC(C)C)C(=O)N2CCC[C@H]2C(=O)N(C)[C@@H](Cc2ccc(OC)cc2)C(=O)O[C@@H]1C.CC[C@H](C)[C@H]1NC(=O)[C@@H](NC(=O)[C@@H](CC(C)C)NC)[C@@H](C)OC(=O)[C@H](Cc2ccc(OC)cc2)N(C)C(=O)[C@@H]2CCCN2C(=O)[C@H](CC(C)C)NC(=O)[C@H](C(C)C)OC(=O)C[C@@H]1O. The molecule has 0 radical (unpaired) electrons. The van der Waals surface area contributed by atoms with Gasteiger partial charge in [-0.25, -0.2) is 9.59 Å². The Morgan fingerprint density at radius 1 is 0.496 bits per heavy atom. The number of likely N-dealkylation sites (N-methyl/N-ethyl adjacent to an activating group) is 4. The number of ether oxygens (including phenoxy) is 6. The van der Waals surface area contributed by atoms with Gasteiger partial charge in [-0.15, -0.1) is 0 Å². The van der Waals surface area contributed by atoms with Crippen LogP contribution in [0.3, 0.4) is 0 Å². The van der Waals surface area contributed by atoms with Crippen molar-refractivity contribution in [3.63, 3.8) is 0 Å². The molecule has 4 saturated heterocycles. The number of hydrogen-bond acceptors (Lipinski definition) is 25. The van der Waals surface area contributed by atoms with Crippen LogP contribution in [0.15, 0.2) is 48.5 Å². The Bertz CT molecular complexity index is 4370. The molecule has 0 unspecified atom stereocenters. The van der Waals surface area contributed by atoms with Crippen molar-refractivity contribution in [3.8, 4) is 11.5 Å². The van der Waals surface area contributed by atoms with Gasteiger partial charge in [-0.05, 0) is 179 Å². The highest BCUT2D eigenvalue weighted by Crippen LogP contribution is 2.31. The molecule has 4 heterocycles. The van der Waals surface area contributed by atoms with Crippen LogP contribution in [-0.4, -0.2) is 293 Å². The van der Waals surface area contributed by atoms with Crippen LogP contribution in [0.2, 0.25) is 0 Å². The molecule has 0 aliphatic carbocycles. The summed E-state index contributed by atoms with van der Waals surface area (Å²) in [6.07, 6.45) is -0.0165. The van der Waals surface area contributed by atoms with Crippen LogP contribution in [-0.2, 0) is 109 Å². The van der Waals surface area contributed by atoms with Crippen LogP contribution in [0.5, 0.6) is 11.5 Å². The van der Waals surface area contributed by atoms with Gasteiger partial charge in [0.2, 0.25) is 58.4 Å². The first-order chi connectivity index (χ1) is 66.3. The summed E-state index contributed by atoms with van der Waals surface area (Å²) in [4.78, 5) is 231.